The van der Waals surface area contributed by atoms with Crippen molar-refractivity contribution in [2.45, 2.75) is 38.5 Å². The summed E-state index contributed by atoms with van der Waals surface area (Å²) in [5.41, 5.74) is 1.71. The Morgan fingerprint density at radius 1 is 1.30 bits per heavy atom. The summed E-state index contributed by atoms with van der Waals surface area (Å²) in [4.78, 5) is 18.9. The van der Waals surface area contributed by atoms with Crippen LogP contribution < -0.4 is 0 Å². The Morgan fingerprint density at radius 3 is 2.81 bits per heavy atom. The summed E-state index contributed by atoms with van der Waals surface area (Å²) in [7, 11) is 3.86. The molecule has 27 heavy (non-hydrogen) atoms. The third-order valence-electron chi connectivity index (χ3n) is 5.23. The van der Waals surface area contributed by atoms with Gasteiger partial charge in [-0.25, -0.2) is 0 Å². The van der Waals surface area contributed by atoms with E-state index in [9.17, 15) is 9.90 Å². The molecule has 3 heterocycles. The fourth-order valence-electron chi connectivity index (χ4n) is 3.74. The number of aliphatic hydroxyl groups excluding tert-OH is 1. The van der Waals surface area contributed by atoms with Gasteiger partial charge in [0.2, 0.25) is 5.91 Å². The number of rotatable bonds is 7. The number of aromatic nitrogens is 2. The van der Waals surface area contributed by atoms with E-state index < -0.39 is 6.10 Å². The van der Waals surface area contributed by atoms with Crippen molar-refractivity contribution in [1.29, 1.82) is 0 Å². The maximum Gasteiger partial charge on any atom is 0.222 e. The fourth-order valence-corrected chi connectivity index (χ4v) is 3.74. The summed E-state index contributed by atoms with van der Waals surface area (Å²) < 4.78 is 7.32. The van der Waals surface area contributed by atoms with E-state index in [1.54, 1.807) is 0 Å². The molecule has 0 aliphatic carbocycles. The van der Waals surface area contributed by atoms with Gasteiger partial charge in [-0.05, 0) is 39.5 Å². The molecule has 8 heteroatoms. The van der Waals surface area contributed by atoms with E-state index >= 15 is 0 Å². The van der Waals surface area contributed by atoms with E-state index in [4.69, 9.17) is 4.74 Å². The predicted molar refractivity (Wildman–Crippen MR) is 102 cm³/mol. The van der Waals surface area contributed by atoms with E-state index in [0.717, 1.165) is 64.5 Å². The van der Waals surface area contributed by atoms with Crippen LogP contribution in [0.1, 0.15) is 36.8 Å². The van der Waals surface area contributed by atoms with Gasteiger partial charge in [-0.15, -0.1) is 0 Å². The molecule has 0 unspecified atom stereocenters. The Balaban J connectivity index is 1.52. The van der Waals surface area contributed by atoms with Crippen LogP contribution in [0.25, 0.3) is 0 Å². The Morgan fingerprint density at radius 2 is 2.07 bits per heavy atom. The number of carbonyl (C=O) groups is 1. The molecule has 2 aliphatic heterocycles. The average Bonchev–Trinajstić information content (AvgIpc) is 2.94. The van der Waals surface area contributed by atoms with Crippen LogP contribution in [0.2, 0.25) is 0 Å². The van der Waals surface area contributed by atoms with E-state index in [0.29, 0.717) is 25.2 Å². The van der Waals surface area contributed by atoms with Gasteiger partial charge in [-0.3, -0.25) is 14.4 Å². The first-order valence-corrected chi connectivity index (χ1v) is 10.00. The van der Waals surface area contributed by atoms with Crippen molar-refractivity contribution in [2.75, 3.05) is 60.0 Å². The van der Waals surface area contributed by atoms with Gasteiger partial charge >= 0.3 is 0 Å². The topological polar surface area (TPSA) is 74.1 Å². The lowest BCUT2D eigenvalue weighted by Crippen LogP contribution is -2.37. The van der Waals surface area contributed by atoms with Gasteiger partial charge in [-0.1, -0.05) is 0 Å². The number of amides is 1. The molecule has 1 aromatic rings. The molecule has 0 aromatic carbocycles. The van der Waals surface area contributed by atoms with Crippen LogP contribution in [-0.2, 0) is 22.6 Å². The number of aryl methyl sites for hydroxylation is 1. The molecule has 8 nitrogen and oxygen atoms in total. The first-order chi connectivity index (χ1) is 13.0. The van der Waals surface area contributed by atoms with Crippen molar-refractivity contribution in [3.8, 4) is 0 Å². The highest BCUT2D eigenvalue weighted by molar-refractivity contribution is 5.76. The van der Waals surface area contributed by atoms with Gasteiger partial charge < -0.3 is 19.6 Å². The number of nitrogens with zero attached hydrogens (tertiary/aromatic N) is 5. The number of hydrogen-bond acceptors (Lipinski definition) is 6. The Bertz CT molecular complexity index is 612. The van der Waals surface area contributed by atoms with E-state index in [1.807, 2.05) is 34.6 Å². The van der Waals surface area contributed by atoms with Gasteiger partial charge in [0, 0.05) is 39.1 Å². The summed E-state index contributed by atoms with van der Waals surface area (Å²) in [6.07, 6.45) is 1.77. The standard InChI is InChI=1S/C19H33N5O3/c1-21(2)15-18(25)17-13-16-14-23(7-4-8-24(16)20-17)19(26)5-3-6-22-9-11-27-12-10-22/h13,18,25H,3-12,14-15H2,1-2H3/t18-/m0/s1. The Labute approximate surface area is 161 Å². The van der Waals surface area contributed by atoms with Crippen LogP contribution in [0, 0.1) is 0 Å². The molecule has 1 fully saturated rings. The maximum atomic E-state index is 12.7. The van der Waals surface area contributed by atoms with Crippen molar-refractivity contribution in [3.05, 3.63) is 17.5 Å². The van der Waals surface area contributed by atoms with Crippen molar-refractivity contribution in [2.24, 2.45) is 0 Å². The lowest BCUT2D eigenvalue weighted by atomic mass is 10.2. The third-order valence-corrected chi connectivity index (χ3v) is 5.23. The molecule has 2 aliphatic rings. The highest BCUT2D eigenvalue weighted by atomic mass is 16.5. The Hall–Kier alpha value is -1.48. The second-order valence-electron chi connectivity index (χ2n) is 7.79. The monoisotopic (exact) mass is 379 g/mol. The van der Waals surface area contributed by atoms with Crippen LogP contribution in [0.15, 0.2) is 6.07 Å². The minimum Gasteiger partial charge on any atom is -0.385 e. The number of carbonyl (C=O) groups excluding carboxylic acids is 1. The molecular weight excluding hydrogens is 346 g/mol. The zero-order valence-electron chi connectivity index (χ0n) is 16.6. The molecule has 1 atom stereocenters. The molecule has 1 N–H and O–H groups in total. The molecular formula is C19H33N5O3. The highest BCUT2D eigenvalue weighted by Crippen LogP contribution is 2.19. The SMILES string of the molecule is CN(C)C[C@H](O)c1cc2n(n1)CCCN(C(=O)CCCN1CCOCC1)C2. The van der Waals surface area contributed by atoms with Crippen molar-refractivity contribution >= 4 is 5.91 Å². The molecule has 1 saturated heterocycles. The first-order valence-electron chi connectivity index (χ1n) is 10.00. The summed E-state index contributed by atoms with van der Waals surface area (Å²) in [5.74, 6) is 0.216. The number of ether oxygens (including phenoxy) is 1. The Kier molecular flexibility index (Phi) is 7.23. The molecule has 0 bridgehead atoms. The number of morpholine rings is 1. The van der Waals surface area contributed by atoms with E-state index in [-0.39, 0.29) is 5.91 Å². The second-order valence-corrected chi connectivity index (χ2v) is 7.79. The third kappa shape index (κ3) is 5.75. The molecule has 0 radical (unpaired) electrons. The second kappa shape index (κ2) is 9.64. The van der Waals surface area contributed by atoms with Crippen LogP contribution in [0.3, 0.4) is 0 Å². The molecule has 3 rings (SSSR count). The summed E-state index contributed by atoms with van der Waals surface area (Å²) >= 11 is 0. The van der Waals surface area contributed by atoms with Crippen molar-refractivity contribution in [1.82, 2.24) is 24.5 Å². The predicted octanol–water partition coefficient (Wildman–Crippen LogP) is 0.323. The average molecular weight is 380 g/mol. The number of hydrogen-bond donors (Lipinski definition) is 1. The number of aliphatic hydroxyl groups is 1. The number of likely N-dealkylation sites (N-methyl/N-ethyl adjacent to an activating group) is 1. The van der Waals surface area contributed by atoms with Crippen molar-refractivity contribution in [3.63, 3.8) is 0 Å². The van der Waals surface area contributed by atoms with Gasteiger partial charge in [0.15, 0.2) is 0 Å². The van der Waals surface area contributed by atoms with E-state index in [2.05, 4.69) is 10.00 Å². The summed E-state index contributed by atoms with van der Waals surface area (Å²) in [6.45, 7) is 7.18. The minimum absolute atomic E-state index is 0.216. The van der Waals surface area contributed by atoms with E-state index in [1.165, 1.54) is 0 Å². The van der Waals surface area contributed by atoms with Gasteiger partial charge in [0.05, 0.1) is 31.1 Å². The van der Waals surface area contributed by atoms with Gasteiger partial charge in [-0.2, -0.15) is 5.10 Å². The lowest BCUT2D eigenvalue weighted by Gasteiger charge is -2.27. The van der Waals surface area contributed by atoms with Crippen LogP contribution in [-0.4, -0.2) is 95.5 Å². The van der Waals surface area contributed by atoms with Crippen LogP contribution in [0.4, 0.5) is 0 Å². The lowest BCUT2D eigenvalue weighted by molar-refractivity contribution is -0.132. The van der Waals surface area contributed by atoms with Gasteiger partial charge in [0.1, 0.15) is 6.10 Å². The number of fused-ring (bicyclic) bond motifs is 1. The molecule has 152 valence electrons. The normalized spacial score (nSPS) is 19.8. The first kappa shape index (κ1) is 20.3. The van der Waals surface area contributed by atoms with Crippen LogP contribution in [0.5, 0.6) is 0 Å². The smallest absolute Gasteiger partial charge is 0.222 e. The fraction of sp³-hybridized carbons (Fsp3) is 0.789. The summed E-state index contributed by atoms with van der Waals surface area (Å²) in [6, 6.07) is 1.95. The zero-order chi connectivity index (χ0) is 19.2. The maximum absolute atomic E-state index is 12.7. The molecule has 0 saturated carbocycles. The van der Waals surface area contributed by atoms with Crippen LogP contribution >= 0.6 is 0 Å². The molecule has 1 aromatic heterocycles. The van der Waals surface area contributed by atoms with Gasteiger partial charge in [0.25, 0.3) is 0 Å². The largest absolute Gasteiger partial charge is 0.385 e. The quantitative estimate of drug-likeness (QED) is 0.736. The summed E-state index contributed by atoms with van der Waals surface area (Å²) in [5, 5.41) is 14.9. The molecule has 1 amide bonds. The zero-order valence-corrected chi connectivity index (χ0v) is 16.6. The highest BCUT2D eigenvalue weighted by Gasteiger charge is 2.23. The molecule has 0 spiro atoms. The minimum atomic E-state index is -0.600. The van der Waals surface area contributed by atoms with Crippen molar-refractivity contribution < 1.29 is 14.6 Å².